The molecule has 28 heavy (non-hydrogen) atoms. The van der Waals surface area contributed by atoms with E-state index < -0.39 is 0 Å². The van der Waals surface area contributed by atoms with E-state index in [2.05, 4.69) is 6.07 Å². The first-order valence-electron chi connectivity index (χ1n) is 9.24. The Morgan fingerprint density at radius 2 is 1.46 bits per heavy atom. The molecule has 1 amide bonds. The molecule has 0 aromatic heterocycles. The first kappa shape index (κ1) is 19.2. The SMILES string of the molecule is N#CCCN(Cc1ccccc1)C(=O)c1ccccc1OCc1ccccc1. The van der Waals surface area contributed by atoms with Gasteiger partial charge in [0, 0.05) is 13.1 Å². The number of hydrogen-bond acceptors (Lipinski definition) is 3. The van der Waals surface area contributed by atoms with Crippen molar-refractivity contribution in [2.24, 2.45) is 0 Å². The summed E-state index contributed by atoms with van der Waals surface area (Å²) in [5.41, 5.74) is 2.57. The van der Waals surface area contributed by atoms with Crippen LogP contribution in [0.4, 0.5) is 0 Å². The number of para-hydroxylation sites is 1. The molecule has 3 aromatic rings. The zero-order chi connectivity index (χ0) is 19.6. The van der Waals surface area contributed by atoms with Gasteiger partial charge >= 0.3 is 0 Å². The molecular formula is C24H22N2O2. The summed E-state index contributed by atoms with van der Waals surface area (Å²) in [7, 11) is 0. The molecule has 0 saturated heterocycles. The van der Waals surface area contributed by atoms with E-state index in [1.54, 1.807) is 17.0 Å². The Balaban J connectivity index is 1.79. The van der Waals surface area contributed by atoms with Crippen molar-refractivity contribution in [3.8, 4) is 11.8 Å². The van der Waals surface area contributed by atoms with Crippen molar-refractivity contribution in [3.63, 3.8) is 0 Å². The van der Waals surface area contributed by atoms with Crippen LogP contribution in [0.3, 0.4) is 0 Å². The highest BCUT2D eigenvalue weighted by Crippen LogP contribution is 2.22. The lowest BCUT2D eigenvalue weighted by atomic mass is 10.1. The Hall–Kier alpha value is -3.58. The molecule has 0 atom stereocenters. The van der Waals surface area contributed by atoms with Crippen molar-refractivity contribution in [2.45, 2.75) is 19.6 Å². The number of nitrogens with zero attached hydrogens (tertiary/aromatic N) is 2. The van der Waals surface area contributed by atoms with Crippen LogP contribution in [0, 0.1) is 11.3 Å². The van der Waals surface area contributed by atoms with E-state index in [4.69, 9.17) is 10.00 Å². The fraction of sp³-hybridized carbons (Fsp3) is 0.167. The van der Waals surface area contributed by atoms with Crippen molar-refractivity contribution >= 4 is 5.91 Å². The largest absolute Gasteiger partial charge is 0.488 e. The van der Waals surface area contributed by atoms with Crippen molar-refractivity contribution in [1.82, 2.24) is 4.90 Å². The van der Waals surface area contributed by atoms with Gasteiger partial charge in [-0.25, -0.2) is 0 Å². The summed E-state index contributed by atoms with van der Waals surface area (Å²) in [6.45, 7) is 1.22. The molecule has 0 unspecified atom stereocenters. The van der Waals surface area contributed by atoms with E-state index in [0.717, 1.165) is 11.1 Å². The summed E-state index contributed by atoms with van der Waals surface area (Å²) in [6, 6.07) is 29.0. The summed E-state index contributed by atoms with van der Waals surface area (Å²) >= 11 is 0. The van der Waals surface area contributed by atoms with Gasteiger partial charge in [0.05, 0.1) is 18.1 Å². The maximum atomic E-state index is 13.2. The summed E-state index contributed by atoms with van der Waals surface area (Å²) < 4.78 is 5.94. The maximum Gasteiger partial charge on any atom is 0.257 e. The molecule has 4 nitrogen and oxygen atoms in total. The van der Waals surface area contributed by atoms with Crippen LogP contribution in [0.25, 0.3) is 0 Å². The predicted molar refractivity (Wildman–Crippen MR) is 109 cm³/mol. The monoisotopic (exact) mass is 370 g/mol. The van der Waals surface area contributed by atoms with E-state index in [1.165, 1.54) is 0 Å². The lowest BCUT2D eigenvalue weighted by Crippen LogP contribution is -2.31. The van der Waals surface area contributed by atoms with Crippen molar-refractivity contribution in [3.05, 3.63) is 102 Å². The number of hydrogen-bond donors (Lipinski definition) is 0. The van der Waals surface area contributed by atoms with Crippen molar-refractivity contribution in [2.75, 3.05) is 6.54 Å². The fourth-order valence-electron chi connectivity index (χ4n) is 2.92. The van der Waals surface area contributed by atoms with E-state index in [9.17, 15) is 4.79 Å². The molecule has 0 saturated carbocycles. The number of amides is 1. The van der Waals surface area contributed by atoms with E-state index in [1.807, 2.05) is 72.8 Å². The molecule has 0 spiro atoms. The summed E-state index contributed by atoms with van der Waals surface area (Å²) in [5, 5.41) is 8.99. The average Bonchev–Trinajstić information content (AvgIpc) is 2.76. The molecule has 0 aliphatic heterocycles. The molecule has 0 fully saturated rings. The maximum absolute atomic E-state index is 13.2. The second-order valence-electron chi connectivity index (χ2n) is 6.39. The second kappa shape index (κ2) is 9.94. The van der Waals surface area contributed by atoms with E-state index in [-0.39, 0.29) is 12.3 Å². The standard InChI is InChI=1S/C24H22N2O2/c25-16-9-17-26(18-20-10-3-1-4-11-20)24(27)22-14-7-8-15-23(22)28-19-21-12-5-2-6-13-21/h1-8,10-15H,9,17-19H2. The summed E-state index contributed by atoms with van der Waals surface area (Å²) in [4.78, 5) is 14.9. The lowest BCUT2D eigenvalue weighted by Gasteiger charge is -2.23. The van der Waals surface area contributed by atoms with Crippen molar-refractivity contribution < 1.29 is 9.53 Å². The van der Waals surface area contributed by atoms with Gasteiger partial charge in [0.1, 0.15) is 12.4 Å². The fourth-order valence-corrected chi connectivity index (χ4v) is 2.92. The molecular weight excluding hydrogens is 348 g/mol. The van der Waals surface area contributed by atoms with Gasteiger partial charge in [0.15, 0.2) is 0 Å². The Morgan fingerprint density at radius 3 is 2.14 bits per heavy atom. The molecule has 0 aliphatic carbocycles. The van der Waals surface area contributed by atoms with Crippen LogP contribution in [-0.4, -0.2) is 17.4 Å². The van der Waals surface area contributed by atoms with Crippen LogP contribution < -0.4 is 4.74 Å². The molecule has 140 valence electrons. The molecule has 0 heterocycles. The van der Waals surface area contributed by atoms with Gasteiger partial charge in [-0.3, -0.25) is 4.79 Å². The highest BCUT2D eigenvalue weighted by atomic mass is 16.5. The number of carbonyl (C=O) groups excluding carboxylic acids is 1. The van der Waals surface area contributed by atoms with Gasteiger partial charge < -0.3 is 9.64 Å². The van der Waals surface area contributed by atoms with E-state index in [0.29, 0.717) is 31.0 Å². The number of rotatable bonds is 8. The third kappa shape index (κ3) is 5.21. The van der Waals surface area contributed by atoms with Crippen LogP contribution in [0.5, 0.6) is 5.75 Å². The van der Waals surface area contributed by atoms with Gasteiger partial charge in [-0.2, -0.15) is 5.26 Å². The number of carbonyl (C=O) groups is 1. The van der Waals surface area contributed by atoms with Crippen LogP contribution in [0.1, 0.15) is 27.9 Å². The minimum atomic E-state index is -0.136. The minimum absolute atomic E-state index is 0.136. The highest BCUT2D eigenvalue weighted by molar-refractivity contribution is 5.97. The number of nitriles is 1. The average molecular weight is 370 g/mol. The molecule has 0 radical (unpaired) electrons. The van der Waals surface area contributed by atoms with Gasteiger partial charge in [0.25, 0.3) is 5.91 Å². The van der Waals surface area contributed by atoms with Crippen LogP contribution in [0.2, 0.25) is 0 Å². The molecule has 3 aromatic carbocycles. The second-order valence-corrected chi connectivity index (χ2v) is 6.39. The van der Waals surface area contributed by atoms with Gasteiger partial charge in [0.2, 0.25) is 0 Å². The third-order valence-corrected chi connectivity index (χ3v) is 4.35. The summed E-state index contributed by atoms with van der Waals surface area (Å²) in [5.74, 6) is 0.411. The molecule has 0 N–H and O–H groups in total. The number of benzene rings is 3. The van der Waals surface area contributed by atoms with Crippen LogP contribution in [-0.2, 0) is 13.2 Å². The lowest BCUT2D eigenvalue weighted by molar-refractivity contribution is 0.0742. The smallest absolute Gasteiger partial charge is 0.257 e. The zero-order valence-electron chi connectivity index (χ0n) is 15.6. The third-order valence-electron chi connectivity index (χ3n) is 4.35. The van der Waals surface area contributed by atoms with Gasteiger partial charge in [-0.1, -0.05) is 72.8 Å². The van der Waals surface area contributed by atoms with Crippen molar-refractivity contribution in [1.29, 1.82) is 5.26 Å². The Morgan fingerprint density at radius 1 is 0.857 bits per heavy atom. The van der Waals surface area contributed by atoms with Gasteiger partial charge in [-0.05, 0) is 23.3 Å². The number of ether oxygens (including phenoxy) is 1. The van der Waals surface area contributed by atoms with Crippen LogP contribution in [0.15, 0.2) is 84.9 Å². The molecule has 0 aliphatic rings. The normalized spacial score (nSPS) is 10.1. The Kier molecular flexibility index (Phi) is 6.81. The molecule has 4 heteroatoms. The van der Waals surface area contributed by atoms with E-state index >= 15 is 0 Å². The molecule has 3 rings (SSSR count). The van der Waals surface area contributed by atoms with Crippen LogP contribution >= 0.6 is 0 Å². The first-order chi connectivity index (χ1) is 13.8. The van der Waals surface area contributed by atoms with Gasteiger partial charge in [-0.15, -0.1) is 0 Å². The minimum Gasteiger partial charge on any atom is -0.488 e. The topological polar surface area (TPSA) is 53.3 Å². The molecule has 0 bridgehead atoms. The first-order valence-corrected chi connectivity index (χ1v) is 9.24. The Labute approximate surface area is 165 Å². The quantitative estimate of drug-likeness (QED) is 0.571. The zero-order valence-corrected chi connectivity index (χ0v) is 15.6. The highest BCUT2D eigenvalue weighted by Gasteiger charge is 2.19. The summed E-state index contributed by atoms with van der Waals surface area (Å²) in [6.07, 6.45) is 0.283. The predicted octanol–water partition coefficient (Wildman–Crippen LogP) is 4.82. The Bertz CT molecular complexity index is 934.